The Morgan fingerprint density at radius 3 is 1.83 bits per heavy atom. The van der Waals surface area contributed by atoms with E-state index >= 15 is 0 Å². The first kappa shape index (κ1) is 10.0. The first-order chi connectivity index (χ1) is 5.76. The summed E-state index contributed by atoms with van der Waals surface area (Å²) >= 11 is 0. The molecule has 1 aliphatic rings. The summed E-state index contributed by atoms with van der Waals surface area (Å²) in [7, 11) is 0. The third kappa shape index (κ3) is 2.01. The molecule has 1 heterocycles. The molecule has 72 valence electrons. The number of likely N-dealkylation sites (tertiary alicyclic amines) is 1. The van der Waals surface area contributed by atoms with Gasteiger partial charge in [0.15, 0.2) is 0 Å². The van der Waals surface area contributed by atoms with Crippen molar-refractivity contribution < 1.29 is 0 Å². The van der Waals surface area contributed by atoms with E-state index in [4.69, 9.17) is 0 Å². The Hall–Kier alpha value is -0.0400. The fourth-order valence-electron chi connectivity index (χ4n) is 2.30. The summed E-state index contributed by atoms with van der Waals surface area (Å²) in [6.45, 7) is 10.9. The molecule has 0 aromatic carbocycles. The average molecular weight is 169 g/mol. The molecule has 0 amide bonds. The Morgan fingerprint density at radius 2 is 1.50 bits per heavy atom. The Bertz CT molecular complexity index is 117. The van der Waals surface area contributed by atoms with E-state index in [-0.39, 0.29) is 0 Å². The van der Waals surface area contributed by atoms with Crippen LogP contribution >= 0.6 is 0 Å². The van der Waals surface area contributed by atoms with E-state index in [1.165, 1.54) is 45.3 Å². The molecule has 0 bridgehead atoms. The van der Waals surface area contributed by atoms with Crippen molar-refractivity contribution in [2.45, 2.75) is 46.5 Å². The standard InChI is InChI=1S/C11H23N/c1-4-11(5-2)7-9-12(6-3)10-8-11/h4-10H2,1-3H3. The van der Waals surface area contributed by atoms with Crippen molar-refractivity contribution in [2.24, 2.45) is 5.41 Å². The zero-order valence-corrected chi connectivity index (χ0v) is 8.90. The minimum absolute atomic E-state index is 0.700. The van der Waals surface area contributed by atoms with Crippen LogP contribution < -0.4 is 0 Å². The number of rotatable bonds is 3. The fourth-order valence-corrected chi connectivity index (χ4v) is 2.30. The van der Waals surface area contributed by atoms with Crippen molar-refractivity contribution in [2.75, 3.05) is 19.6 Å². The van der Waals surface area contributed by atoms with Gasteiger partial charge in [0.1, 0.15) is 0 Å². The highest BCUT2D eigenvalue weighted by Crippen LogP contribution is 2.37. The second-order valence-corrected chi connectivity index (χ2v) is 4.14. The monoisotopic (exact) mass is 169 g/mol. The lowest BCUT2D eigenvalue weighted by Crippen LogP contribution is -2.39. The van der Waals surface area contributed by atoms with Gasteiger partial charge >= 0.3 is 0 Å². The van der Waals surface area contributed by atoms with E-state index in [9.17, 15) is 0 Å². The molecule has 0 aromatic heterocycles. The van der Waals surface area contributed by atoms with Crippen LogP contribution in [0, 0.1) is 5.41 Å². The van der Waals surface area contributed by atoms with Gasteiger partial charge < -0.3 is 4.90 Å². The minimum Gasteiger partial charge on any atom is -0.304 e. The van der Waals surface area contributed by atoms with Crippen molar-refractivity contribution in [3.05, 3.63) is 0 Å². The van der Waals surface area contributed by atoms with Gasteiger partial charge in [0.05, 0.1) is 0 Å². The van der Waals surface area contributed by atoms with Crippen molar-refractivity contribution >= 4 is 0 Å². The Morgan fingerprint density at radius 1 is 1.00 bits per heavy atom. The van der Waals surface area contributed by atoms with Gasteiger partial charge in [-0.1, -0.05) is 33.6 Å². The average Bonchev–Trinajstić information content (AvgIpc) is 2.18. The van der Waals surface area contributed by atoms with Crippen LogP contribution in [-0.4, -0.2) is 24.5 Å². The van der Waals surface area contributed by atoms with Crippen LogP contribution in [0.2, 0.25) is 0 Å². The normalized spacial score (nSPS) is 24.2. The summed E-state index contributed by atoms with van der Waals surface area (Å²) in [5, 5.41) is 0. The van der Waals surface area contributed by atoms with Gasteiger partial charge in [0.25, 0.3) is 0 Å². The molecule has 0 saturated carbocycles. The van der Waals surface area contributed by atoms with Crippen LogP contribution in [0.25, 0.3) is 0 Å². The predicted molar refractivity (Wildman–Crippen MR) is 54.4 cm³/mol. The van der Waals surface area contributed by atoms with Gasteiger partial charge in [-0.25, -0.2) is 0 Å². The zero-order valence-electron chi connectivity index (χ0n) is 8.90. The van der Waals surface area contributed by atoms with E-state index in [1.54, 1.807) is 0 Å². The Balaban J connectivity index is 2.42. The molecule has 1 heteroatoms. The summed E-state index contributed by atoms with van der Waals surface area (Å²) in [5.41, 5.74) is 0.700. The first-order valence-corrected chi connectivity index (χ1v) is 5.48. The van der Waals surface area contributed by atoms with E-state index < -0.39 is 0 Å². The second-order valence-electron chi connectivity index (χ2n) is 4.14. The van der Waals surface area contributed by atoms with E-state index in [0.29, 0.717) is 5.41 Å². The van der Waals surface area contributed by atoms with Crippen LogP contribution in [0.4, 0.5) is 0 Å². The molecule has 1 rings (SSSR count). The zero-order chi connectivity index (χ0) is 9.03. The molecule has 0 radical (unpaired) electrons. The maximum absolute atomic E-state index is 2.57. The van der Waals surface area contributed by atoms with Crippen LogP contribution in [0.3, 0.4) is 0 Å². The van der Waals surface area contributed by atoms with Gasteiger partial charge in [-0.05, 0) is 37.9 Å². The molecule has 0 unspecified atom stereocenters. The summed E-state index contributed by atoms with van der Waals surface area (Å²) in [6.07, 6.45) is 5.60. The van der Waals surface area contributed by atoms with Crippen molar-refractivity contribution in [3.63, 3.8) is 0 Å². The number of piperidine rings is 1. The SMILES string of the molecule is CCN1CCC(CC)(CC)CC1. The molecule has 1 nitrogen and oxygen atoms in total. The van der Waals surface area contributed by atoms with Gasteiger partial charge in [0.2, 0.25) is 0 Å². The molecule has 0 spiro atoms. The Labute approximate surface area is 77.1 Å². The van der Waals surface area contributed by atoms with Crippen molar-refractivity contribution in [3.8, 4) is 0 Å². The second kappa shape index (κ2) is 4.27. The maximum atomic E-state index is 2.57. The van der Waals surface area contributed by atoms with Gasteiger partial charge in [-0.15, -0.1) is 0 Å². The van der Waals surface area contributed by atoms with Crippen LogP contribution in [0.1, 0.15) is 46.5 Å². The highest BCUT2D eigenvalue weighted by atomic mass is 15.1. The van der Waals surface area contributed by atoms with Crippen molar-refractivity contribution in [1.82, 2.24) is 4.90 Å². The topological polar surface area (TPSA) is 3.24 Å². The lowest BCUT2D eigenvalue weighted by Gasteiger charge is -2.40. The number of hydrogen-bond acceptors (Lipinski definition) is 1. The van der Waals surface area contributed by atoms with E-state index in [2.05, 4.69) is 25.7 Å². The van der Waals surface area contributed by atoms with Crippen LogP contribution in [0.15, 0.2) is 0 Å². The number of nitrogens with zero attached hydrogens (tertiary/aromatic N) is 1. The predicted octanol–water partition coefficient (Wildman–Crippen LogP) is 2.91. The first-order valence-electron chi connectivity index (χ1n) is 5.48. The molecule has 0 aromatic rings. The Kier molecular flexibility index (Phi) is 3.57. The van der Waals surface area contributed by atoms with Gasteiger partial charge in [-0.3, -0.25) is 0 Å². The minimum atomic E-state index is 0.700. The largest absolute Gasteiger partial charge is 0.304 e. The van der Waals surface area contributed by atoms with Gasteiger partial charge in [0, 0.05) is 0 Å². The highest BCUT2D eigenvalue weighted by Gasteiger charge is 2.30. The molecule has 12 heavy (non-hydrogen) atoms. The lowest BCUT2D eigenvalue weighted by atomic mass is 9.74. The highest BCUT2D eigenvalue weighted by molar-refractivity contribution is 4.83. The summed E-state index contributed by atoms with van der Waals surface area (Å²) in [6, 6.07) is 0. The summed E-state index contributed by atoms with van der Waals surface area (Å²) < 4.78 is 0. The number of hydrogen-bond donors (Lipinski definition) is 0. The summed E-state index contributed by atoms with van der Waals surface area (Å²) in [4.78, 5) is 2.57. The molecular weight excluding hydrogens is 146 g/mol. The smallest absolute Gasteiger partial charge is 0.00136 e. The summed E-state index contributed by atoms with van der Waals surface area (Å²) in [5.74, 6) is 0. The molecule has 0 N–H and O–H groups in total. The van der Waals surface area contributed by atoms with Crippen LogP contribution in [-0.2, 0) is 0 Å². The molecule has 1 saturated heterocycles. The van der Waals surface area contributed by atoms with Crippen molar-refractivity contribution in [1.29, 1.82) is 0 Å². The van der Waals surface area contributed by atoms with E-state index in [0.717, 1.165) is 0 Å². The molecule has 0 atom stereocenters. The molecular formula is C11H23N. The maximum Gasteiger partial charge on any atom is -0.00136 e. The molecule has 0 aliphatic carbocycles. The van der Waals surface area contributed by atoms with Crippen LogP contribution in [0.5, 0.6) is 0 Å². The molecule has 1 aliphatic heterocycles. The third-order valence-corrected chi connectivity index (χ3v) is 3.86. The quantitative estimate of drug-likeness (QED) is 0.628. The fraction of sp³-hybridized carbons (Fsp3) is 1.00. The molecule has 1 fully saturated rings. The van der Waals surface area contributed by atoms with Gasteiger partial charge in [-0.2, -0.15) is 0 Å². The van der Waals surface area contributed by atoms with E-state index in [1.807, 2.05) is 0 Å². The lowest BCUT2D eigenvalue weighted by molar-refractivity contribution is 0.0993. The third-order valence-electron chi connectivity index (χ3n) is 3.86.